The first-order valence-electron chi connectivity index (χ1n) is 5.26. The minimum atomic E-state index is -3.69. The third-order valence-electron chi connectivity index (χ3n) is 2.25. The lowest BCUT2D eigenvalue weighted by molar-refractivity contribution is -0.121. The maximum absolute atomic E-state index is 11.9. The normalized spacial score (nSPS) is 11.2. The first-order chi connectivity index (χ1) is 9.01. The maximum Gasteiger partial charge on any atom is 0.265 e. The summed E-state index contributed by atoms with van der Waals surface area (Å²) in [6.07, 6.45) is 5.20. The molecule has 10 heteroatoms. The van der Waals surface area contributed by atoms with E-state index in [4.69, 9.17) is 0 Å². The number of aromatic nitrogens is 4. The zero-order valence-corrected chi connectivity index (χ0v) is 10.8. The number of likely N-dealkylation sites (N-methyl/N-ethyl adjacent to an activating group) is 1. The molecule has 0 unspecified atom stereocenters. The molecule has 9 nitrogen and oxygen atoms in total. The lowest BCUT2D eigenvalue weighted by Gasteiger charge is -2.02. The summed E-state index contributed by atoms with van der Waals surface area (Å²) in [6.45, 7) is 0.0178. The van der Waals surface area contributed by atoms with E-state index >= 15 is 0 Å². The number of rotatable bonds is 5. The lowest BCUT2D eigenvalue weighted by Crippen LogP contribution is -2.23. The van der Waals surface area contributed by atoms with Crippen molar-refractivity contribution in [3.05, 3.63) is 24.8 Å². The molecule has 2 aromatic heterocycles. The summed E-state index contributed by atoms with van der Waals surface area (Å²) in [4.78, 5) is 11.2. The van der Waals surface area contributed by atoms with Crippen LogP contribution in [0.2, 0.25) is 0 Å². The summed E-state index contributed by atoms with van der Waals surface area (Å²) in [5.74, 6) is -0.229. The molecular weight excluding hydrogens is 272 g/mol. The van der Waals surface area contributed by atoms with Gasteiger partial charge in [0.05, 0.1) is 18.1 Å². The third kappa shape index (κ3) is 3.10. The Bertz CT molecular complexity index is 660. The van der Waals surface area contributed by atoms with Crippen LogP contribution < -0.4 is 10.0 Å². The Morgan fingerprint density at radius 1 is 1.47 bits per heavy atom. The Morgan fingerprint density at radius 3 is 2.89 bits per heavy atom. The molecule has 0 aliphatic heterocycles. The van der Waals surface area contributed by atoms with Crippen molar-refractivity contribution >= 4 is 21.6 Å². The number of aromatic amines is 1. The Balaban J connectivity index is 2.10. The topological polar surface area (TPSA) is 122 Å². The highest BCUT2D eigenvalue weighted by atomic mass is 32.2. The summed E-state index contributed by atoms with van der Waals surface area (Å²) < 4.78 is 27.4. The predicted octanol–water partition coefficient (Wildman–Crippen LogP) is -0.847. The molecule has 2 heterocycles. The summed E-state index contributed by atoms with van der Waals surface area (Å²) in [5.41, 5.74) is 0.269. The number of sulfonamides is 1. The number of anilines is 1. The van der Waals surface area contributed by atoms with Gasteiger partial charge in [-0.05, 0) is 0 Å². The van der Waals surface area contributed by atoms with Crippen LogP contribution in [-0.2, 0) is 21.4 Å². The average Bonchev–Trinajstić information content (AvgIpc) is 3.00. The molecule has 0 atom stereocenters. The van der Waals surface area contributed by atoms with E-state index < -0.39 is 10.0 Å². The zero-order valence-electron chi connectivity index (χ0n) is 9.99. The molecule has 0 fully saturated rings. The second kappa shape index (κ2) is 5.10. The molecule has 2 aromatic rings. The molecule has 0 aliphatic rings. The van der Waals surface area contributed by atoms with Crippen LogP contribution in [0, 0.1) is 0 Å². The van der Waals surface area contributed by atoms with Gasteiger partial charge >= 0.3 is 0 Å². The van der Waals surface area contributed by atoms with Gasteiger partial charge in [-0.25, -0.2) is 8.42 Å². The Hall–Kier alpha value is -2.36. The highest BCUT2D eigenvalue weighted by molar-refractivity contribution is 7.92. The molecule has 0 saturated carbocycles. The Kier molecular flexibility index (Phi) is 3.51. The van der Waals surface area contributed by atoms with Crippen molar-refractivity contribution < 1.29 is 13.2 Å². The number of H-pyrrole nitrogens is 1. The van der Waals surface area contributed by atoms with Crippen LogP contribution in [0.15, 0.2) is 29.7 Å². The fourth-order valence-electron chi connectivity index (χ4n) is 1.33. The maximum atomic E-state index is 11.9. The quantitative estimate of drug-likeness (QED) is 0.660. The molecular formula is C9H12N6O3S. The highest BCUT2D eigenvalue weighted by Crippen LogP contribution is 2.13. The van der Waals surface area contributed by atoms with E-state index in [1.807, 2.05) is 0 Å². The minimum absolute atomic E-state index is 0.0178. The van der Waals surface area contributed by atoms with Crippen molar-refractivity contribution in [3.63, 3.8) is 0 Å². The smallest absolute Gasteiger partial charge is 0.265 e. The van der Waals surface area contributed by atoms with Crippen LogP contribution in [-0.4, -0.2) is 41.4 Å². The second-order valence-electron chi connectivity index (χ2n) is 3.64. The van der Waals surface area contributed by atoms with Crippen LogP contribution in [0.4, 0.5) is 5.69 Å². The van der Waals surface area contributed by atoms with Crippen molar-refractivity contribution in [2.45, 2.75) is 11.4 Å². The molecule has 0 saturated heterocycles. The van der Waals surface area contributed by atoms with E-state index in [1.165, 1.54) is 36.5 Å². The van der Waals surface area contributed by atoms with Gasteiger partial charge in [0.15, 0.2) is 0 Å². The van der Waals surface area contributed by atoms with Gasteiger partial charge in [-0.2, -0.15) is 10.2 Å². The van der Waals surface area contributed by atoms with E-state index in [9.17, 15) is 13.2 Å². The number of carbonyl (C=O) groups excluding carboxylic acids is 1. The van der Waals surface area contributed by atoms with Gasteiger partial charge < -0.3 is 5.32 Å². The van der Waals surface area contributed by atoms with E-state index in [0.717, 1.165) is 0 Å². The van der Waals surface area contributed by atoms with Gasteiger partial charge in [0.25, 0.3) is 10.0 Å². The lowest BCUT2D eigenvalue weighted by atomic mass is 10.6. The van der Waals surface area contributed by atoms with E-state index in [2.05, 4.69) is 25.3 Å². The average molecular weight is 284 g/mol. The summed E-state index contributed by atoms with van der Waals surface area (Å²) in [5, 5.41) is 12.3. The summed E-state index contributed by atoms with van der Waals surface area (Å²) in [6, 6.07) is 0. The molecule has 19 heavy (non-hydrogen) atoms. The van der Waals surface area contributed by atoms with Gasteiger partial charge in [0, 0.05) is 19.4 Å². The van der Waals surface area contributed by atoms with Crippen LogP contribution in [0.1, 0.15) is 0 Å². The molecule has 0 aromatic carbocycles. The summed E-state index contributed by atoms with van der Waals surface area (Å²) in [7, 11) is -2.18. The monoisotopic (exact) mass is 284 g/mol. The molecule has 1 amide bonds. The first kappa shape index (κ1) is 13.1. The standard InChI is InChI=1S/C9H12N6O3S/c1-10-9(16)6-15-5-7(2-13-15)14-19(17,18)8-3-11-12-4-8/h2-5,14H,6H2,1H3,(H,10,16)(H,11,12). The molecule has 0 radical (unpaired) electrons. The highest BCUT2D eigenvalue weighted by Gasteiger charge is 2.16. The van der Waals surface area contributed by atoms with Crippen LogP contribution in [0.25, 0.3) is 0 Å². The van der Waals surface area contributed by atoms with Crippen molar-refractivity contribution in [3.8, 4) is 0 Å². The predicted molar refractivity (Wildman–Crippen MR) is 65.7 cm³/mol. The van der Waals surface area contributed by atoms with E-state index in [0.29, 0.717) is 0 Å². The van der Waals surface area contributed by atoms with Gasteiger partial charge in [0.2, 0.25) is 5.91 Å². The largest absolute Gasteiger partial charge is 0.358 e. The molecule has 0 aliphatic carbocycles. The van der Waals surface area contributed by atoms with Gasteiger partial charge in [0.1, 0.15) is 11.4 Å². The van der Waals surface area contributed by atoms with Crippen LogP contribution >= 0.6 is 0 Å². The summed E-state index contributed by atoms with van der Waals surface area (Å²) >= 11 is 0. The van der Waals surface area contributed by atoms with E-state index in [-0.39, 0.29) is 23.0 Å². The second-order valence-corrected chi connectivity index (χ2v) is 5.32. The fourth-order valence-corrected chi connectivity index (χ4v) is 2.26. The SMILES string of the molecule is CNC(=O)Cn1cc(NS(=O)(=O)c2cn[nH]c2)cn1. The van der Waals surface area contributed by atoms with Crippen molar-refractivity contribution in [1.82, 2.24) is 25.3 Å². The number of carbonyl (C=O) groups is 1. The number of nitrogens with zero attached hydrogens (tertiary/aromatic N) is 3. The number of amides is 1. The molecule has 2 rings (SSSR count). The molecule has 0 bridgehead atoms. The number of hydrogen-bond acceptors (Lipinski definition) is 5. The zero-order chi connectivity index (χ0) is 13.9. The number of hydrogen-bond donors (Lipinski definition) is 3. The van der Waals surface area contributed by atoms with Crippen LogP contribution in [0.5, 0.6) is 0 Å². The third-order valence-corrected chi connectivity index (χ3v) is 3.60. The number of nitrogens with one attached hydrogen (secondary N) is 3. The first-order valence-corrected chi connectivity index (χ1v) is 6.74. The van der Waals surface area contributed by atoms with Crippen molar-refractivity contribution in [2.24, 2.45) is 0 Å². The minimum Gasteiger partial charge on any atom is -0.358 e. The van der Waals surface area contributed by atoms with Gasteiger partial charge in [-0.15, -0.1) is 0 Å². The van der Waals surface area contributed by atoms with E-state index in [1.54, 1.807) is 0 Å². The molecule has 0 spiro atoms. The molecule has 102 valence electrons. The van der Waals surface area contributed by atoms with Crippen molar-refractivity contribution in [1.29, 1.82) is 0 Å². The Labute approximate surface area is 109 Å². The van der Waals surface area contributed by atoms with Crippen molar-refractivity contribution in [2.75, 3.05) is 11.8 Å². The van der Waals surface area contributed by atoms with Gasteiger partial charge in [-0.3, -0.25) is 19.3 Å². The molecule has 3 N–H and O–H groups in total. The van der Waals surface area contributed by atoms with Crippen LogP contribution in [0.3, 0.4) is 0 Å². The van der Waals surface area contributed by atoms with Gasteiger partial charge in [-0.1, -0.05) is 0 Å². The fraction of sp³-hybridized carbons (Fsp3) is 0.222. The Morgan fingerprint density at radius 2 is 2.26 bits per heavy atom.